The number of para-hydroxylation sites is 1. The molecule has 0 amide bonds. The van der Waals surface area contributed by atoms with E-state index in [1.165, 1.54) is 11.3 Å². The molecule has 2 aromatic rings. The summed E-state index contributed by atoms with van der Waals surface area (Å²) in [6.07, 6.45) is 0. The van der Waals surface area contributed by atoms with Crippen LogP contribution in [0.3, 0.4) is 0 Å². The largest absolute Gasteiger partial charge is 0.479 e. The van der Waals surface area contributed by atoms with Gasteiger partial charge < -0.3 is 10.4 Å². The van der Waals surface area contributed by atoms with Crippen LogP contribution in [0.25, 0.3) is 0 Å². The van der Waals surface area contributed by atoms with Gasteiger partial charge in [0, 0.05) is 10.2 Å². The van der Waals surface area contributed by atoms with Gasteiger partial charge in [-0.3, -0.25) is 0 Å². The highest BCUT2D eigenvalue weighted by atomic mass is 79.9. The van der Waals surface area contributed by atoms with E-state index in [2.05, 4.69) is 26.2 Å². The average Bonchev–Trinajstić information content (AvgIpc) is 2.74. The summed E-state index contributed by atoms with van der Waals surface area (Å²) in [4.78, 5) is 16.2. The van der Waals surface area contributed by atoms with Gasteiger partial charge in [0.15, 0.2) is 6.04 Å². The van der Waals surface area contributed by atoms with Crippen molar-refractivity contribution in [2.24, 2.45) is 0 Å². The smallest absolute Gasteiger partial charge is 0.331 e. The summed E-state index contributed by atoms with van der Waals surface area (Å²) in [5, 5.41) is 12.3. The van der Waals surface area contributed by atoms with Gasteiger partial charge in [0.25, 0.3) is 0 Å². The molecular weight excluding hydrogens is 316 g/mol. The second-order valence-corrected chi connectivity index (χ2v) is 5.44. The average molecular weight is 327 g/mol. The Morgan fingerprint density at radius 3 is 2.78 bits per heavy atom. The molecule has 1 aromatic carbocycles. The number of thiazole rings is 1. The predicted octanol–water partition coefficient (Wildman–Crippen LogP) is 3.45. The van der Waals surface area contributed by atoms with Crippen molar-refractivity contribution in [3.8, 4) is 0 Å². The minimum atomic E-state index is -0.918. The number of aryl methyl sites for hydroxylation is 1. The first-order valence-corrected chi connectivity index (χ1v) is 6.90. The first kappa shape index (κ1) is 13.0. The van der Waals surface area contributed by atoms with E-state index in [4.69, 9.17) is 0 Å². The second-order valence-electron chi connectivity index (χ2n) is 3.70. The molecule has 1 heterocycles. The van der Waals surface area contributed by atoms with Crippen LogP contribution in [0.2, 0.25) is 0 Å². The lowest BCUT2D eigenvalue weighted by Crippen LogP contribution is -2.20. The van der Waals surface area contributed by atoms with Gasteiger partial charge in [-0.1, -0.05) is 12.1 Å². The van der Waals surface area contributed by atoms with Crippen molar-refractivity contribution >= 4 is 38.9 Å². The third-order valence-corrected chi connectivity index (χ3v) is 4.15. The van der Waals surface area contributed by atoms with Crippen LogP contribution in [-0.2, 0) is 4.79 Å². The van der Waals surface area contributed by atoms with Gasteiger partial charge in [-0.05, 0) is 35.0 Å². The van der Waals surface area contributed by atoms with Crippen LogP contribution < -0.4 is 5.32 Å². The quantitative estimate of drug-likeness (QED) is 0.903. The summed E-state index contributed by atoms with van der Waals surface area (Å²) in [5.41, 5.74) is 3.15. The van der Waals surface area contributed by atoms with Crippen molar-refractivity contribution in [1.29, 1.82) is 0 Å². The van der Waals surface area contributed by atoms with Crippen molar-refractivity contribution in [2.45, 2.75) is 13.0 Å². The minimum Gasteiger partial charge on any atom is -0.479 e. The molecular formula is C12H11BrN2O2S. The van der Waals surface area contributed by atoms with E-state index in [1.54, 1.807) is 5.51 Å². The molecule has 0 saturated carbocycles. The Morgan fingerprint density at radius 2 is 2.22 bits per heavy atom. The third-order valence-electron chi connectivity index (χ3n) is 2.47. The molecule has 1 aromatic heterocycles. The number of hydrogen-bond donors (Lipinski definition) is 2. The summed E-state index contributed by atoms with van der Waals surface area (Å²) in [6.45, 7) is 1.81. The highest BCUT2D eigenvalue weighted by molar-refractivity contribution is 9.10. The Hall–Kier alpha value is -1.40. The number of aromatic nitrogens is 1. The van der Waals surface area contributed by atoms with Crippen LogP contribution in [-0.4, -0.2) is 16.1 Å². The zero-order valence-corrected chi connectivity index (χ0v) is 12.0. The number of nitrogens with one attached hydrogen (secondary N) is 1. The SMILES string of the molecule is Cc1ncsc1C(Nc1ccccc1Br)C(=O)O. The molecule has 6 heteroatoms. The lowest BCUT2D eigenvalue weighted by molar-refractivity contribution is -0.138. The molecule has 4 nitrogen and oxygen atoms in total. The van der Waals surface area contributed by atoms with E-state index in [0.717, 1.165) is 20.7 Å². The minimum absolute atomic E-state index is 0.721. The summed E-state index contributed by atoms with van der Waals surface area (Å²) in [7, 11) is 0. The molecule has 0 saturated heterocycles. The van der Waals surface area contributed by atoms with E-state index in [-0.39, 0.29) is 0 Å². The predicted molar refractivity (Wildman–Crippen MR) is 75.0 cm³/mol. The summed E-state index contributed by atoms with van der Waals surface area (Å²) in [5.74, 6) is -0.918. The number of anilines is 1. The summed E-state index contributed by atoms with van der Waals surface area (Å²) in [6, 6.07) is 6.64. The van der Waals surface area contributed by atoms with Gasteiger partial charge in [0.1, 0.15) is 0 Å². The lowest BCUT2D eigenvalue weighted by atomic mass is 10.2. The lowest BCUT2D eigenvalue weighted by Gasteiger charge is -2.16. The topological polar surface area (TPSA) is 62.2 Å². The molecule has 0 radical (unpaired) electrons. The van der Waals surface area contributed by atoms with E-state index in [0.29, 0.717) is 0 Å². The molecule has 0 bridgehead atoms. The van der Waals surface area contributed by atoms with Gasteiger partial charge in [-0.2, -0.15) is 0 Å². The van der Waals surface area contributed by atoms with Gasteiger partial charge >= 0.3 is 5.97 Å². The van der Waals surface area contributed by atoms with E-state index >= 15 is 0 Å². The standard InChI is InChI=1S/C12H11BrN2O2S/c1-7-11(18-6-14-7)10(12(16)17)15-9-5-3-2-4-8(9)13/h2-6,10,15H,1H3,(H,16,17). The highest BCUT2D eigenvalue weighted by Gasteiger charge is 2.24. The number of nitrogens with zero attached hydrogens (tertiary/aromatic N) is 1. The maximum atomic E-state index is 11.4. The zero-order valence-electron chi connectivity index (χ0n) is 9.55. The van der Waals surface area contributed by atoms with Gasteiger partial charge in [0.05, 0.1) is 16.1 Å². The molecule has 0 aliphatic carbocycles. The van der Waals surface area contributed by atoms with Crippen LogP contribution in [0.15, 0.2) is 34.2 Å². The molecule has 1 atom stereocenters. The number of carboxylic acids is 1. The first-order chi connectivity index (χ1) is 8.59. The Balaban J connectivity index is 2.31. The van der Waals surface area contributed by atoms with E-state index in [1.807, 2.05) is 31.2 Å². The van der Waals surface area contributed by atoms with Crippen molar-refractivity contribution < 1.29 is 9.90 Å². The summed E-state index contributed by atoms with van der Waals surface area (Å²) < 4.78 is 0.832. The fraction of sp³-hybridized carbons (Fsp3) is 0.167. The number of halogens is 1. The van der Waals surface area contributed by atoms with E-state index in [9.17, 15) is 9.90 Å². The Labute approximate surface area is 117 Å². The number of benzene rings is 1. The van der Waals surface area contributed by atoms with Crippen LogP contribution in [0.1, 0.15) is 16.6 Å². The second kappa shape index (κ2) is 5.49. The Bertz CT molecular complexity index is 571. The number of carbonyl (C=O) groups is 1. The zero-order chi connectivity index (χ0) is 13.1. The fourth-order valence-electron chi connectivity index (χ4n) is 1.56. The molecule has 94 valence electrons. The molecule has 0 spiro atoms. The number of aliphatic carboxylic acids is 1. The van der Waals surface area contributed by atoms with Crippen molar-refractivity contribution in [3.05, 3.63) is 44.8 Å². The molecule has 1 unspecified atom stereocenters. The molecule has 0 fully saturated rings. The van der Waals surface area contributed by atoms with Gasteiger partial charge in [-0.15, -0.1) is 11.3 Å². The van der Waals surface area contributed by atoms with Crippen molar-refractivity contribution in [1.82, 2.24) is 4.98 Å². The third kappa shape index (κ3) is 2.70. The maximum absolute atomic E-state index is 11.4. The van der Waals surface area contributed by atoms with Gasteiger partial charge in [0.2, 0.25) is 0 Å². The number of hydrogen-bond acceptors (Lipinski definition) is 4. The Kier molecular flexibility index (Phi) is 3.98. The number of carboxylic acid groups (broad SMARTS) is 1. The van der Waals surface area contributed by atoms with Crippen LogP contribution in [0.4, 0.5) is 5.69 Å². The monoisotopic (exact) mass is 326 g/mol. The summed E-state index contributed by atoms with van der Waals surface area (Å²) >= 11 is 4.73. The molecule has 0 aliphatic rings. The normalized spacial score (nSPS) is 12.1. The molecule has 2 rings (SSSR count). The number of rotatable bonds is 4. The van der Waals surface area contributed by atoms with Crippen LogP contribution in [0, 0.1) is 6.92 Å². The molecule has 2 N–H and O–H groups in total. The van der Waals surface area contributed by atoms with E-state index < -0.39 is 12.0 Å². The van der Waals surface area contributed by atoms with Gasteiger partial charge in [-0.25, -0.2) is 9.78 Å². The highest BCUT2D eigenvalue weighted by Crippen LogP contribution is 2.29. The van der Waals surface area contributed by atoms with Crippen LogP contribution >= 0.6 is 27.3 Å². The van der Waals surface area contributed by atoms with Crippen LogP contribution in [0.5, 0.6) is 0 Å². The van der Waals surface area contributed by atoms with Crippen molar-refractivity contribution in [2.75, 3.05) is 5.32 Å². The first-order valence-electron chi connectivity index (χ1n) is 5.23. The Morgan fingerprint density at radius 1 is 1.50 bits per heavy atom. The van der Waals surface area contributed by atoms with Crippen molar-refractivity contribution in [3.63, 3.8) is 0 Å². The fourth-order valence-corrected chi connectivity index (χ4v) is 2.80. The maximum Gasteiger partial charge on any atom is 0.331 e. The molecule has 0 aliphatic heterocycles. The molecule has 18 heavy (non-hydrogen) atoms.